The maximum absolute atomic E-state index is 12.6. The van der Waals surface area contributed by atoms with Crippen LogP contribution in [0.5, 0.6) is 0 Å². The number of hydrogen-bond donors (Lipinski definition) is 2. The molecule has 7 nitrogen and oxygen atoms in total. The third-order valence-electron chi connectivity index (χ3n) is 4.88. The topological polar surface area (TPSA) is 104 Å². The molecule has 10 heteroatoms. The fourth-order valence-corrected chi connectivity index (χ4v) is 6.36. The second kappa shape index (κ2) is 10.5. The van der Waals surface area contributed by atoms with E-state index in [2.05, 4.69) is 12.2 Å². The predicted molar refractivity (Wildman–Crippen MR) is 119 cm³/mol. The minimum Gasteiger partial charge on any atom is -0.477 e. The summed E-state index contributed by atoms with van der Waals surface area (Å²) >= 11 is 3.89. The number of carbonyl (C=O) groups is 4. The Morgan fingerprint density at radius 3 is 2.77 bits per heavy atom. The third kappa shape index (κ3) is 5.09. The highest BCUT2D eigenvalue weighted by molar-refractivity contribution is 8.14. The van der Waals surface area contributed by atoms with Gasteiger partial charge in [-0.05, 0) is 17.9 Å². The lowest BCUT2D eigenvalue weighted by molar-refractivity contribution is -0.150. The van der Waals surface area contributed by atoms with E-state index < -0.39 is 23.3 Å². The second-order valence-electron chi connectivity index (χ2n) is 7.04. The molecule has 1 fully saturated rings. The average Bonchev–Trinajstić information content (AvgIpc) is 3.23. The highest BCUT2D eigenvalue weighted by Gasteiger charge is 2.54. The molecule has 3 rings (SSSR count). The number of thioether (sulfide) groups is 2. The monoisotopic (exact) mass is 468 g/mol. The van der Waals surface area contributed by atoms with Crippen molar-refractivity contribution in [3.63, 3.8) is 0 Å². The number of unbranched alkanes of at least 4 members (excludes halogenated alkanes) is 3. The van der Waals surface area contributed by atoms with Crippen molar-refractivity contribution >= 4 is 57.8 Å². The molecule has 1 unspecified atom stereocenters. The molecule has 0 aromatic carbocycles. The second-order valence-corrected chi connectivity index (χ2v) is 10.2. The molecule has 3 heterocycles. The quantitative estimate of drug-likeness (QED) is 0.402. The van der Waals surface area contributed by atoms with Gasteiger partial charge in [0.25, 0.3) is 5.91 Å². The van der Waals surface area contributed by atoms with Crippen molar-refractivity contribution in [2.75, 3.05) is 11.5 Å². The zero-order chi connectivity index (χ0) is 21.7. The van der Waals surface area contributed by atoms with Gasteiger partial charge in [0, 0.05) is 22.0 Å². The van der Waals surface area contributed by atoms with Gasteiger partial charge in [0.15, 0.2) is 0 Å². The molecule has 0 aliphatic carbocycles. The molecule has 162 valence electrons. The Morgan fingerprint density at radius 1 is 1.30 bits per heavy atom. The van der Waals surface area contributed by atoms with E-state index in [1.807, 2.05) is 17.5 Å². The van der Waals surface area contributed by atoms with Crippen LogP contribution < -0.4 is 5.32 Å². The van der Waals surface area contributed by atoms with Crippen LogP contribution in [0.25, 0.3) is 0 Å². The molecule has 1 saturated heterocycles. The van der Waals surface area contributed by atoms with Crippen LogP contribution in [0, 0.1) is 0 Å². The highest BCUT2D eigenvalue weighted by atomic mass is 32.2. The summed E-state index contributed by atoms with van der Waals surface area (Å²) in [7, 11) is 0. The molecule has 0 saturated carbocycles. The summed E-state index contributed by atoms with van der Waals surface area (Å²) in [6.07, 6.45) is 4.33. The lowest BCUT2D eigenvalue weighted by atomic mass is 10.0. The number of fused-ring (bicyclic) bond motifs is 1. The van der Waals surface area contributed by atoms with Gasteiger partial charge in [0.2, 0.25) is 11.0 Å². The molecule has 2 amide bonds. The number of hydrogen-bond acceptors (Lipinski definition) is 7. The number of carboxylic acid groups (broad SMARTS) is 1. The Bertz CT molecular complexity index is 853. The first-order valence-electron chi connectivity index (χ1n) is 9.84. The van der Waals surface area contributed by atoms with Gasteiger partial charge >= 0.3 is 5.97 Å². The fourth-order valence-electron chi connectivity index (χ4n) is 3.35. The molecule has 1 aromatic heterocycles. The van der Waals surface area contributed by atoms with E-state index in [0.29, 0.717) is 5.75 Å². The molecule has 1 aromatic rings. The zero-order valence-electron chi connectivity index (χ0n) is 16.6. The Morgan fingerprint density at radius 2 is 2.10 bits per heavy atom. The lowest BCUT2D eigenvalue weighted by Crippen LogP contribution is -2.70. The maximum atomic E-state index is 12.6. The number of rotatable bonds is 10. The number of amides is 2. The van der Waals surface area contributed by atoms with Crippen LogP contribution in [0.4, 0.5) is 0 Å². The molecular weight excluding hydrogens is 444 g/mol. The lowest BCUT2D eigenvalue weighted by Gasteiger charge is -2.49. The van der Waals surface area contributed by atoms with E-state index in [-0.39, 0.29) is 34.5 Å². The van der Waals surface area contributed by atoms with Crippen molar-refractivity contribution < 1.29 is 24.3 Å². The molecule has 2 atom stereocenters. The van der Waals surface area contributed by atoms with Crippen LogP contribution >= 0.6 is 34.9 Å². The van der Waals surface area contributed by atoms with Crippen LogP contribution in [-0.2, 0) is 25.6 Å². The summed E-state index contributed by atoms with van der Waals surface area (Å²) in [6.45, 7) is 2.11. The molecule has 0 spiro atoms. The number of nitrogens with one attached hydrogen (secondary N) is 1. The van der Waals surface area contributed by atoms with Crippen LogP contribution in [0.3, 0.4) is 0 Å². The number of nitrogens with zero attached hydrogens (tertiary/aromatic N) is 1. The van der Waals surface area contributed by atoms with Gasteiger partial charge in [0.1, 0.15) is 17.1 Å². The number of thiophene rings is 1. The van der Waals surface area contributed by atoms with Gasteiger partial charge in [-0.2, -0.15) is 0 Å². The number of carbonyl (C=O) groups excluding carboxylic acids is 3. The van der Waals surface area contributed by atoms with Crippen LogP contribution in [0.2, 0.25) is 0 Å². The van der Waals surface area contributed by atoms with Crippen molar-refractivity contribution in [1.82, 2.24) is 10.2 Å². The van der Waals surface area contributed by atoms with Gasteiger partial charge in [0.05, 0.1) is 6.42 Å². The van der Waals surface area contributed by atoms with E-state index in [0.717, 1.165) is 47.2 Å². The molecule has 2 N–H and O–H groups in total. The van der Waals surface area contributed by atoms with Crippen LogP contribution in [0.15, 0.2) is 28.8 Å². The Hall–Kier alpha value is -1.78. The van der Waals surface area contributed by atoms with Crippen molar-refractivity contribution in [2.24, 2.45) is 0 Å². The summed E-state index contributed by atoms with van der Waals surface area (Å²) < 4.78 is 0. The van der Waals surface area contributed by atoms with E-state index >= 15 is 0 Å². The molecule has 0 bridgehead atoms. The Balaban J connectivity index is 1.63. The van der Waals surface area contributed by atoms with Crippen LogP contribution in [0.1, 0.15) is 37.5 Å². The third-order valence-corrected chi connectivity index (χ3v) is 8.04. The minimum atomic E-state index is -1.29. The molecule has 30 heavy (non-hydrogen) atoms. The zero-order valence-corrected chi connectivity index (χ0v) is 19.0. The fraction of sp³-hybridized carbons (Fsp3) is 0.500. The smallest absolute Gasteiger partial charge is 0.353 e. The highest BCUT2D eigenvalue weighted by Crippen LogP contribution is 2.41. The standard InChI is InChI=1S/C20H24N2O5S3/c1-2-3-4-5-8-29-20(27)13-11-30-18-15(17(24)22(18)16(13)19(25)26)21-14(23)10-12-7-6-9-28-12/h6-7,9,15,18H,2-5,8,10-11H2,1H3,(H,21,23)(H,25,26)/t15?,18-/m0/s1. The van der Waals surface area contributed by atoms with Gasteiger partial charge < -0.3 is 10.4 Å². The van der Waals surface area contributed by atoms with E-state index in [4.69, 9.17) is 0 Å². The van der Waals surface area contributed by atoms with E-state index in [1.165, 1.54) is 23.1 Å². The molecular formula is C20H24N2O5S3. The Kier molecular flexibility index (Phi) is 8.01. The van der Waals surface area contributed by atoms with Gasteiger partial charge in [-0.25, -0.2) is 4.79 Å². The first-order chi connectivity index (χ1) is 14.4. The van der Waals surface area contributed by atoms with Crippen molar-refractivity contribution in [2.45, 2.75) is 50.4 Å². The number of aliphatic carboxylic acids is 1. The van der Waals surface area contributed by atoms with E-state index in [1.54, 1.807) is 0 Å². The van der Waals surface area contributed by atoms with Gasteiger partial charge in [-0.3, -0.25) is 19.3 Å². The van der Waals surface area contributed by atoms with E-state index in [9.17, 15) is 24.3 Å². The largest absolute Gasteiger partial charge is 0.477 e. The summed E-state index contributed by atoms with van der Waals surface area (Å²) in [6, 6.07) is 2.93. The molecule has 0 radical (unpaired) electrons. The number of β-lactam (4-membered cyclic amide) rings is 1. The predicted octanol–water partition coefficient (Wildman–Crippen LogP) is 2.87. The molecule has 2 aliphatic rings. The maximum Gasteiger partial charge on any atom is 0.353 e. The summed E-state index contributed by atoms with van der Waals surface area (Å²) in [5.74, 6) is -1.19. The Labute approximate surface area is 187 Å². The summed E-state index contributed by atoms with van der Waals surface area (Å²) in [5, 5.41) is 13.5. The van der Waals surface area contributed by atoms with Crippen LogP contribution in [-0.4, -0.2) is 55.8 Å². The first kappa shape index (κ1) is 22.9. The first-order valence-corrected chi connectivity index (χ1v) is 12.8. The average molecular weight is 469 g/mol. The molecule has 2 aliphatic heterocycles. The van der Waals surface area contributed by atoms with Gasteiger partial charge in [-0.15, -0.1) is 23.1 Å². The SMILES string of the molecule is CCCCCCSC(=O)C1=C(C(=O)O)N2C(=O)C(NC(=O)Cc3cccs3)[C@@H]2SC1. The normalized spacial score (nSPS) is 20.6. The van der Waals surface area contributed by atoms with Crippen molar-refractivity contribution in [3.8, 4) is 0 Å². The van der Waals surface area contributed by atoms with Crippen molar-refractivity contribution in [3.05, 3.63) is 33.7 Å². The van der Waals surface area contributed by atoms with Crippen molar-refractivity contribution in [1.29, 1.82) is 0 Å². The summed E-state index contributed by atoms with van der Waals surface area (Å²) in [5.41, 5.74) is -0.0699. The minimum absolute atomic E-state index is 0.168. The summed E-state index contributed by atoms with van der Waals surface area (Å²) in [4.78, 5) is 51.4. The number of carboxylic acids is 1. The van der Waals surface area contributed by atoms with Gasteiger partial charge in [-0.1, -0.05) is 44.0 Å².